The number of unbranched alkanes of at least 4 members (excludes halogenated alkanes) is 52. The lowest BCUT2D eigenvalue weighted by Crippen LogP contribution is -2.30. The minimum absolute atomic E-state index is 0.0709. The summed E-state index contributed by atoms with van der Waals surface area (Å²) in [6.45, 7) is 6.63. The standard InChI is InChI=1S/C76H142O6/c1-4-7-10-13-16-19-22-24-26-28-30-31-32-33-34-35-36-37-38-39-40-41-42-43-44-45-47-48-50-52-54-57-60-63-66-69-75(78)81-72-73(71-80-74(77)68-65-62-59-56-21-18-15-12-9-6-3)82-76(79)70-67-64-61-58-55-53-51-49-46-29-27-25-23-20-17-14-11-8-5-2/h12,15,25,27-28,30,73H,4-11,13-14,16-24,26,29,31-72H2,1-3H3/b15-12-,27-25-,30-28-. The summed E-state index contributed by atoms with van der Waals surface area (Å²) in [4.78, 5) is 38.3. The summed E-state index contributed by atoms with van der Waals surface area (Å²) < 4.78 is 16.9. The second-order valence-electron chi connectivity index (χ2n) is 25.2. The topological polar surface area (TPSA) is 78.9 Å². The molecule has 0 radical (unpaired) electrons. The first-order valence-electron chi connectivity index (χ1n) is 37.0. The van der Waals surface area contributed by atoms with Gasteiger partial charge in [0.25, 0.3) is 0 Å². The Hall–Kier alpha value is -2.37. The molecule has 6 nitrogen and oxygen atoms in total. The Bertz CT molecular complexity index is 1370. The van der Waals surface area contributed by atoms with Crippen LogP contribution in [0.1, 0.15) is 412 Å². The summed E-state index contributed by atoms with van der Waals surface area (Å²) in [5.74, 6) is -0.858. The highest BCUT2D eigenvalue weighted by atomic mass is 16.6. The third-order valence-electron chi connectivity index (χ3n) is 16.8. The Labute approximate surface area is 512 Å². The van der Waals surface area contributed by atoms with Gasteiger partial charge in [-0.2, -0.15) is 0 Å². The molecule has 0 aromatic heterocycles. The quantitative estimate of drug-likeness (QED) is 0.0261. The van der Waals surface area contributed by atoms with Crippen LogP contribution in [0.25, 0.3) is 0 Å². The van der Waals surface area contributed by atoms with E-state index in [9.17, 15) is 14.4 Å². The molecule has 0 heterocycles. The molecule has 1 unspecified atom stereocenters. The summed E-state index contributed by atoms with van der Waals surface area (Å²) in [5, 5.41) is 0. The van der Waals surface area contributed by atoms with Gasteiger partial charge in [-0.1, -0.05) is 340 Å². The zero-order valence-corrected chi connectivity index (χ0v) is 55.5. The van der Waals surface area contributed by atoms with E-state index in [2.05, 4.69) is 57.2 Å². The number of ether oxygens (including phenoxy) is 3. The van der Waals surface area contributed by atoms with E-state index in [1.165, 1.54) is 302 Å². The lowest BCUT2D eigenvalue weighted by molar-refractivity contribution is -0.167. The molecule has 0 saturated carbocycles. The van der Waals surface area contributed by atoms with Gasteiger partial charge in [0.2, 0.25) is 0 Å². The number of rotatable bonds is 69. The third-order valence-corrected chi connectivity index (χ3v) is 16.8. The first-order chi connectivity index (χ1) is 40.5. The Morgan fingerprint density at radius 1 is 0.232 bits per heavy atom. The molecule has 0 N–H and O–H groups in total. The second kappa shape index (κ2) is 71.1. The van der Waals surface area contributed by atoms with Crippen molar-refractivity contribution in [3.05, 3.63) is 36.5 Å². The van der Waals surface area contributed by atoms with Crippen LogP contribution in [0.2, 0.25) is 0 Å². The Morgan fingerprint density at radius 3 is 0.659 bits per heavy atom. The average Bonchev–Trinajstić information content (AvgIpc) is 3.47. The number of allylic oxidation sites excluding steroid dienone is 6. The number of carbonyl (C=O) groups excluding carboxylic acids is 3. The highest BCUT2D eigenvalue weighted by Gasteiger charge is 2.19. The fourth-order valence-corrected chi connectivity index (χ4v) is 11.3. The van der Waals surface area contributed by atoms with E-state index in [1.807, 2.05) is 0 Å². The number of hydrogen-bond donors (Lipinski definition) is 0. The van der Waals surface area contributed by atoms with Crippen molar-refractivity contribution < 1.29 is 28.6 Å². The first kappa shape index (κ1) is 79.6. The van der Waals surface area contributed by atoms with Crippen molar-refractivity contribution in [3.8, 4) is 0 Å². The molecule has 0 aromatic rings. The molecule has 0 aliphatic carbocycles. The number of carbonyl (C=O) groups is 3. The van der Waals surface area contributed by atoms with E-state index < -0.39 is 6.10 Å². The molecule has 482 valence electrons. The zero-order valence-electron chi connectivity index (χ0n) is 55.5. The monoisotopic (exact) mass is 1150 g/mol. The van der Waals surface area contributed by atoms with Gasteiger partial charge in [-0.05, 0) is 89.9 Å². The molecule has 0 fully saturated rings. The molecule has 0 aromatic carbocycles. The zero-order chi connectivity index (χ0) is 59.2. The highest BCUT2D eigenvalue weighted by Crippen LogP contribution is 2.19. The molecular weight excluding hydrogens is 1010 g/mol. The molecule has 0 rings (SSSR count). The third kappa shape index (κ3) is 68.4. The van der Waals surface area contributed by atoms with Crippen LogP contribution in [0.4, 0.5) is 0 Å². The predicted molar refractivity (Wildman–Crippen MR) is 358 cm³/mol. The largest absolute Gasteiger partial charge is 0.462 e. The SMILES string of the molecule is CCC/C=C\CCCCCCCC(=O)OCC(COC(=O)CCCCCCCCCCCCCCCCCCCCCCCCC/C=C\CCCCCCCCCC)OC(=O)CCCCCCCCCCC/C=C\CCCCCCCC. The summed E-state index contributed by atoms with van der Waals surface area (Å²) >= 11 is 0. The van der Waals surface area contributed by atoms with Gasteiger partial charge in [0.1, 0.15) is 13.2 Å². The number of hydrogen-bond acceptors (Lipinski definition) is 6. The second-order valence-corrected chi connectivity index (χ2v) is 25.2. The van der Waals surface area contributed by atoms with Crippen molar-refractivity contribution in [1.82, 2.24) is 0 Å². The van der Waals surface area contributed by atoms with Crippen molar-refractivity contribution in [2.24, 2.45) is 0 Å². The molecule has 0 amide bonds. The van der Waals surface area contributed by atoms with Crippen LogP contribution in [-0.4, -0.2) is 37.2 Å². The van der Waals surface area contributed by atoms with Gasteiger partial charge < -0.3 is 14.2 Å². The lowest BCUT2D eigenvalue weighted by atomic mass is 10.0. The smallest absolute Gasteiger partial charge is 0.306 e. The molecular formula is C76H142O6. The maximum absolute atomic E-state index is 12.9. The van der Waals surface area contributed by atoms with E-state index in [-0.39, 0.29) is 31.1 Å². The maximum atomic E-state index is 12.9. The van der Waals surface area contributed by atoms with Crippen molar-refractivity contribution >= 4 is 17.9 Å². The lowest BCUT2D eigenvalue weighted by Gasteiger charge is -2.18. The van der Waals surface area contributed by atoms with Gasteiger partial charge in [0.15, 0.2) is 6.10 Å². The first-order valence-corrected chi connectivity index (χ1v) is 37.0. The van der Waals surface area contributed by atoms with Crippen LogP contribution in [0.3, 0.4) is 0 Å². The molecule has 0 spiro atoms. The molecule has 0 aliphatic heterocycles. The van der Waals surface area contributed by atoms with Gasteiger partial charge in [-0.3, -0.25) is 14.4 Å². The summed E-state index contributed by atoms with van der Waals surface area (Å²) in [6, 6.07) is 0. The van der Waals surface area contributed by atoms with Gasteiger partial charge >= 0.3 is 17.9 Å². The summed E-state index contributed by atoms with van der Waals surface area (Å²) in [6.07, 6.45) is 89.3. The van der Waals surface area contributed by atoms with Crippen LogP contribution in [-0.2, 0) is 28.6 Å². The average molecular weight is 1150 g/mol. The molecule has 82 heavy (non-hydrogen) atoms. The molecule has 0 bridgehead atoms. The van der Waals surface area contributed by atoms with Crippen LogP contribution >= 0.6 is 0 Å². The molecule has 0 aliphatic rings. The Kier molecular flexibility index (Phi) is 69.1. The normalized spacial score (nSPS) is 12.2. The van der Waals surface area contributed by atoms with E-state index >= 15 is 0 Å². The van der Waals surface area contributed by atoms with Crippen LogP contribution in [0.5, 0.6) is 0 Å². The fourth-order valence-electron chi connectivity index (χ4n) is 11.3. The van der Waals surface area contributed by atoms with Crippen LogP contribution in [0, 0.1) is 0 Å². The summed E-state index contributed by atoms with van der Waals surface area (Å²) in [5.41, 5.74) is 0. The van der Waals surface area contributed by atoms with Crippen molar-refractivity contribution in [3.63, 3.8) is 0 Å². The molecule has 6 heteroatoms. The molecule has 1 atom stereocenters. The Balaban J connectivity index is 4.01. The van der Waals surface area contributed by atoms with Crippen LogP contribution < -0.4 is 0 Å². The highest BCUT2D eigenvalue weighted by molar-refractivity contribution is 5.71. The van der Waals surface area contributed by atoms with E-state index in [4.69, 9.17) is 14.2 Å². The predicted octanol–water partition coefficient (Wildman–Crippen LogP) is 25.5. The van der Waals surface area contributed by atoms with Gasteiger partial charge in [-0.15, -0.1) is 0 Å². The van der Waals surface area contributed by atoms with Crippen molar-refractivity contribution in [2.45, 2.75) is 419 Å². The minimum Gasteiger partial charge on any atom is -0.462 e. The van der Waals surface area contributed by atoms with Crippen molar-refractivity contribution in [2.75, 3.05) is 13.2 Å². The van der Waals surface area contributed by atoms with E-state index in [0.29, 0.717) is 19.3 Å². The maximum Gasteiger partial charge on any atom is 0.306 e. The fraction of sp³-hybridized carbons (Fsp3) is 0.882. The number of esters is 3. The van der Waals surface area contributed by atoms with Crippen LogP contribution in [0.15, 0.2) is 36.5 Å². The van der Waals surface area contributed by atoms with E-state index in [0.717, 1.165) is 70.6 Å². The minimum atomic E-state index is -0.774. The summed E-state index contributed by atoms with van der Waals surface area (Å²) in [7, 11) is 0. The van der Waals surface area contributed by atoms with Gasteiger partial charge in [-0.25, -0.2) is 0 Å². The molecule has 0 saturated heterocycles. The van der Waals surface area contributed by atoms with Gasteiger partial charge in [0.05, 0.1) is 0 Å². The Morgan fingerprint density at radius 2 is 0.427 bits per heavy atom. The van der Waals surface area contributed by atoms with Crippen molar-refractivity contribution in [1.29, 1.82) is 0 Å². The van der Waals surface area contributed by atoms with E-state index in [1.54, 1.807) is 0 Å². The van der Waals surface area contributed by atoms with Gasteiger partial charge in [0, 0.05) is 19.3 Å².